The molecule has 0 amide bonds. The second-order valence-corrected chi connectivity index (χ2v) is 7.00. The molecule has 4 N–H and O–H groups in total. The van der Waals surface area contributed by atoms with Crippen LogP contribution in [0.4, 0.5) is 5.69 Å². The Hall–Kier alpha value is -3.10. The maximum Gasteiger partial charge on any atom is 0.0985 e. The van der Waals surface area contributed by atoms with Crippen LogP contribution in [0.5, 0.6) is 0 Å². The van der Waals surface area contributed by atoms with E-state index in [0.29, 0.717) is 16.3 Å². The molecule has 1 atom stereocenters. The Morgan fingerprint density at radius 3 is 2.35 bits per heavy atom. The van der Waals surface area contributed by atoms with Crippen molar-refractivity contribution in [3.63, 3.8) is 0 Å². The molecular formula is C21H20N4S. The smallest absolute Gasteiger partial charge is 0.0985 e. The van der Waals surface area contributed by atoms with Gasteiger partial charge in [-0.3, -0.25) is 0 Å². The lowest BCUT2D eigenvalue weighted by Gasteiger charge is -2.20. The minimum Gasteiger partial charge on any atom is -0.398 e. The Kier molecular flexibility index (Phi) is 5.35. The first-order valence-corrected chi connectivity index (χ1v) is 9.01. The van der Waals surface area contributed by atoms with Crippen LogP contribution in [0.1, 0.15) is 17.2 Å². The molecule has 3 aromatic rings. The van der Waals surface area contributed by atoms with Crippen LogP contribution in [-0.2, 0) is 7.05 Å². The van der Waals surface area contributed by atoms with E-state index in [0.717, 1.165) is 16.2 Å². The third kappa shape index (κ3) is 3.61. The molecule has 3 rings (SSSR count). The zero-order valence-electron chi connectivity index (χ0n) is 14.5. The van der Waals surface area contributed by atoms with Crippen LogP contribution < -0.4 is 11.5 Å². The van der Waals surface area contributed by atoms with Crippen molar-refractivity contribution in [2.24, 2.45) is 12.8 Å². The average molecular weight is 360 g/mol. The number of aryl methyl sites for hydroxylation is 1. The highest BCUT2D eigenvalue weighted by Gasteiger charge is 2.24. The highest BCUT2D eigenvalue weighted by Crippen LogP contribution is 2.37. The van der Waals surface area contributed by atoms with Crippen molar-refractivity contribution in [2.75, 3.05) is 5.73 Å². The molecule has 0 fully saturated rings. The number of anilines is 1. The van der Waals surface area contributed by atoms with Crippen LogP contribution in [0.3, 0.4) is 0 Å². The fourth-order valence-corrected chi connectivity index (χ4v) is 3.76. The van der Waals surface area contributed by atoms with E-state index in [1.807, 2.05) is 84.5 Å². The number of thioether (sulfide) groups is 1. The van der Waals surface area contributed by atoms with E-state index in [1.165, 1.54) is 11.8 Å². The Morgan fingerprint density at radius 2 is 1.73 bits per heavy atom. The van der Waals surface area contributed by atoms with Crippen molar-refractivity contribution in [3.05, 3.63) is 94.8 Å². The van der Waals surface area contributed by atoms with E-state index in [9.17, 15) is 5.26 Å². The van der Waals surface area contributed by atoms with E-state index in [-0.39, 0.29) is 5.92 Å². The minimum atomic E-state index is -0.237. The van der Waals surface area contributed by atoms with Crippen molar-refractivity contribution in [3.8, 4) is 6.07 Å². The molecule has 26 heavy (non-hydrogen) atoms. The molecule has 0 aliphatic rings. The molecule has 1 aromatic heterocycles. The maximum atomic E-state index is 9.92. The van der Waals surface area contributed by atoms with Crippen molar-refractivity contribution >= 4 is 17.4 Å². The Morgan fingerprint density at radius 1 is 1.04 bits per heavy atom. The number of rotatable bonds is 5. The number of hydrogen-bond acceptors (Lipinski definition) is 4. The molecule has 2 aromatic carbocycles. The number of nitrogen functional groups attached to an aromatic ring is 1. The summed E-state index contributed by atoms with van der Waals surface area (Å²) in [5.74, 6) is -0.237. The lowest BCUT2D eigenvalue weighted by Crippen LogP contribution is -2.12. The van der Waals surface area contributed by atoms with Gasteiger partial charge in [0.05, 0.1) is 22.6 Å². The summed E-state index contributed by atoms with van der Waals surface area (Å²) in [4.78, 5) is 0.844. The van der Waals surface area contributed by atoms with Crippen LogP contribution in [0, 0.1) is 11.3 Å². The molecular weight excluding hydrogens is 340 g/mol. The average Bonchev–Trinajstić information content (AvgIpc) is 3.07. The minimum absolute atomic E-state index is 0.237. The van der Waals surface area contributed by atoms with Crippen molar-refractivity contribution in [1.29, 1.82) is 5.26 Å². The first-order valence-electron chi connectivity index (χ1n) is 8.20. The fourth-order valence-electron chi connectivity index (χ4n) is 2.91. The molecule has 0 radical (unpaired) electrons. The first kappa shape index (κ1) is 17.7. The molecule has 0 saturated carbocycles. The summed E-state index contributed by atoms with van der Waals surface area (Å²) in [7, 11) is 1.97. The highest BCUT2D eigenvalue weighted by atomic mass is 32.2. The van der Waals surface area contributed by atoms with Gasteiger partial charge in [0.25, 0.3) is 0 Å². The third-order valence-corrected chi connectivity index (χ3v) is 5.26. The number of nitriles is 1. The van der Waals surface area contributed by atoms with E-state index >= 15 is 0 Å². The summed E-state index contributed by atoms with van der Waals surface area (Å²) in [6.07, 6.45) is 1.97. The second kappa shape index (κ2) is 7.85. The van der Waals surface area contributed by atoms with Gasteiger partial charge in [-0.2, -0.15) is 5.26 Å². The van der Waals surface area contributed by atoms with Crippen LogP contribution in [0.15, 0.2) is 88.4 Å². The Labute approximate surface area is 157 Å². The summed E-state index contributed by atoms with van der Waals surface area (Å²) in [6, 6.07) is 23.8. The maximum absolute atomic E-state index is 9.92. The summed E-state index contributed by atoms with van der Waals surface area (Å²) in [6.45, 7) is 0. The van der Waals surface area contributed by atoms with Gasteiger partial charge in [-0.25, -0.2) is 0 Å². The predicted octanol–water partition coefficient (Wildman–Crippen LogP) is 4.23. The normalized spacial score (nSPS) is 12.9. The summed E-state index contributed by atoms with van der Waals surface area (Å²) in [5, 5.41) is 10.4. The summed E-state index contributed by atoms with van der Waals surface area (Å²) >= 11 is 1.33. The van der Waals surface area contributed by atoms with Gasteiger partial charge in [-0.1, -0.05) is 54.2 Å². The summed E-state index contributed by atoms with van der Waals surface area (Å²) < 4.78 is 2.02. The molecule has 5 heteroatoms. The number of nitrogens with two attached hydrogens (primary N) is 2. The molecule has 0 aliphatic heterocycles. The lowest BCUT2D eigenvalue weighted by molar-refractivity contribution is 0.793. The van der Waals surface area contributed by atoms with Crippen LogP contribution >= 0.6 is 11.8 Å². The molecule has 0 spiro atoms. The Balaban J connectivity index is 2.10. The van der Waals surface area contributed by atoms with E-state index in [4.69, 9.17) is 11.5 Å². The van der Waals surface area contributed by atoms with Gasteiger partial charge in [0.2, 0.25) is 0 Å². The quantitative estimate of drug-likeness (QED) is 0.405. The zero-order valence-corrected chi connectivity index (χ0v) is 15.3. The summed E-state index contributed by atoms with van der Waals surface area (Å²) in [5.41, 5.74) is 15.6. The fraction of sp³-hybridized carbons (Fsp3) is 0.0952. The highest BCUT2D eigenvalue weighted by molar-refractivity contribution is 8.03. The standard InChI is InChI=1S/C21H20N4S/c1-25-13-7-11-18(25)20(15-8-3-2-4-9-15)16(14-22)21(24)26-19-12-6-5-10-17(19)23/h2-13,20H,23-24H2,1H3/b21-16+. The van der Waals surface area contributed by atoms with E-state index < -0.39 is 0 Å². The number of nitrogens with zero attached hydrogens (tertiary/aromatic N) is 2. The van der Waals surface area contributed by atoms with E-state index in [2.05, 4.69) is 6.07 Å². The third-order valence-electron chi connectivity index (χ3n) is 4.23. The Bertz CT molecular complexity index is 967. The molecule has 1 unspecified atom stereocenters. The monoisotopic (exact) mass is 360 g/mol. The van der Waals surface area contributed by atoms with Gasteiger partial charge in [0.1, 0.15) is 0 Å². The molecule has 0 bridgehead atoms. The van der Waals surface area contributed by atoms with Gasteiger partial charge < -0.3 is 16.0 Å². The van der Waals surface area contributed by atoms with Crippen molar-refractivity contribution < 1.29 is 0 Å². The second-order valence-electron chi connectivity index (χ2n) is 5.92. The predicted molar refractivity (Wildman–Crippen MR) is 107 cm³/mol. The van der Waals surface area contributed by atoms with Crippen molar-refractivity contribution in [1.82, 2.24) is 4.57 Å². The van der Waals surface area contributed by atoms with Gasteiger partial charge in [-0.15, -0.1) is 0 Å². The largest absolute Gasteiger partial charge is 0.398 e. The number of benzene rings is 2. The van der Waals surface area contributed by atoms with Gasteiger partial charge >= 0.3 is 0 Å². The van der Waals surface area contributed by atoms with Gasteiger partial charge in [0, 0.05) is 29.5 Å². The van der Waals surface area contributed by atoms with Crippen molar-refractivity contribution in [2.45, 2.75) is 10.8 Å². The number of allylic oxidation sites excluding steroid dienone is 1. The zero-order chi connectivity index (χ0) is 18.5. The van der Waals surface area contributed by atoms with Gasteiger partial charge in [0.15, 0.2) is 0 Å². The van der Waals surface area contributed by atoms with Crippen LogP contribution in [0.2, 0.25) is 0 Å². The molecule has 0 saturated heterocycles. The van der Waals surface area contributed by atoms with Crippen LogP contribution in [-0.4, -0.2) is 4.57 Å². The first-order chi connectivity index (χ1) is 12.6. The molecule has 1 heterocycles. The molecule has 4 nitrogen and oxygen atoms in total. The topological polar surface area (TPSA) is 80.8 Å². The lowest BCUT2D eigenvalue weighted by atomic mass is 9.89. The number of aromatic nitrogens is 1. The number of hydrogen-bond donors (Lipinski definition) is 2. The number of para-hydroxylation sites is 1. The van der Waals surface area contributed by atoms with Crippen LogP contribution in [0.25, 0.3) is 0 Å². The van der Waals surface area contributed by atoms with E-state index in [1.54, 1.807) is 0 Å². The molecule has 0 aliphatic carbocycles. The SMILES string of the molecule is Cn1cccc1C(/C(C#N)=C(\N)Sc1ccccc1N)c1ccccc1. The van der Waals surface area contributed by atoms with Gasteiger partial charge in [-0.05, 0) is 29.8 Å². The molecule has 130 valence electrons.